The second-order valence-corrected chi connectivity index (χ2v) is 5.27. The van der Waals surface area contributed by atoms with Crippen molar-refractivity contribution in [3.8, 4) is 16.9 Å². The molecular formula is C15H15ClN4O4. The van der Waals surface area contributed by atoms with Gasteiger partial charge in [0.15, 0.2) is 5.75 Å². The Morgan fingerprint density at radius 1 is 1.38 bits per heavy atom. The molecule has 2 rings (SSSR count). The number of hydrogen-bond acceptors (Lipinski definition) is 6. The minimum Gasteiger partial charge on any atom is -0.487 e. The van der Waals surface area contributed by atoms with Crippen molar-refractivity contribution in [2.45, 2.75) is 19.8 Å². The van der Waals surface area contributed by atoms with E-state index < -0.39 is 10.8 Å². The molecular weight excluding hydrogens is 336 g/mol. The van der Waals surface area contributed by atoms with Gasteiger partial charge in [-0.15, -0.1) is 0 Å². The summed E-state index contributed by atoms with van der Waals surface area (Å²) in [5.41, 5.74) is 5.60. The van der Waals surface area contributed by atoms with Gasteiger partial charge < -0.3 is 10.5 Å². The Morgan fingerprint density at radius 2 is 2.04 bits per heavy atom. The maximum atomic E-state index is 11.5. The van der Waals surface area contributed by atoms with Crippen LogP contribution in [0, 0.1) is 10.1 Å². The van der Waals surface area contributed by atoms with E-state index in [1.54, 1.807) is 0 Å². The van der Waals surface area contributed by atoms with Gasteiger partial charge in [-0.05, 0) is 24.1 Å². The summed E-state index contributed by atoms with van der Waals surface area (Å²) in [6, 6.07) is 2.59. The van der Waals surface area contributed by atoms with Crippen molar-refractivity contribution in [3.05, 3.63) is 45.5 Å². The number of hydrogen-bond donors (Lipinski definition) is 1. The number of rotatable bonds is 7. The van der Waals surface area contributed by atoms with Crippen LogP contribution in [0.5, 0.6) is 5.75 Å². The molecule has 1 heterocycles. The van der Waals surface area contributed by atoms with Gasteiger partial charge in [0.05, 0.1) is 17.1 Å². The lowest BCUT2D eigenvalue weighted by molar-refractivity contribution is -0.385. The van der Waals surface area contributed by atoms with Crippen molar-refractivity contribution >= 4 is 23.2 Å². The molecule has 9 heteroatoms. The van der Waals surface area contributed by atoms with E-state index in [0.29, 0.717) is 5.56 Å². The molecule has 0 aliphatic rings. The van der Waals surface area contributed by atoms with E-state index in [2.05, 4.69) is 9.97 Å². The predicted octanol–water partition coefficient (Wildman–Crippen LogP) is 2.98. The van der Waals surface area contributed by atoms with E-state index in [1.807, 2.05) is 6.92 Å². The van der Waals surface area contributed by atoms with Crippen LogP contribution in [0.4, 0.5) is 5.69 Å². The van der Waals surface area contributed by atoms with Gasteiger partial charge in [0.25, 0.3) is 0 Å². The molecule has 0 fully saturated rings. The summed E-state index contributed by atoms with van der Waals surface area (Å²) in [7, 11) is 0. The maximum absolute atomic E-state index is 11.5. The monoisotopic (exact) mass is 350 g/mol. The number of ether oxygens (including phenoxy) is 1. The molecule has 8 nitrogen and oxygen atoms in total. The number of unbranched alkanes of at least 4 members (excludes halogenated alkanes) is 1. The van der Waals surface area contributed by atoms with Crippen molar-refractivity contribution in [3.63, 3.8) is 0 Å². The molecule has 1 amide bonds. The fraction of sp³-hybridized carbons (Fsp3) is 0.267. The van der Waals surface area contributed by atoms with Crippen LogP contribution in [0.1, 0.15) is 30.1 Å². The lowest BCUT2D eigenvalue weighted by Crippen LogP contribution is -2.12. The molecule has 0 unspecified atom stereocenters. The fourth-order valence-electron chi connectivity index (χ4n) is 2.05. The standard InChI is InChI=1S/C15H15ClN4O4/c1-2-3-4-24-12-6-9(14(17)21)5-11(13(12)20(22)23)10-7-18-15(16)19-8-10/h5-8H,2-4H2,1H3,(H2,17,21). The maximum Gasteiger partial charge on any atom is 0.318 e. The highest BCUT2D eigenvalue weighted by Crippen LogP contribution is 2.39. The van der Waals surface area contributed by atoms with Crippen LogP contribution in [0.3, 0.4) is 0 Å². The van der Waals surface area contributed by atoms with E-state index in [1.165, 1.54) is 24.5 Å². The lowest BCUT2D eigenvalue weighted by Gasteiger charge is -2.11. The Hall–Kier alpha value is -2.74. The summed E-state index contributed by atoms with van der Waals surface area (Å²) < 4.78 is 5.50. The van der Waals surface area contributed by atoms with Crippen molar-refractivity contribution in [2.75, 3.05) is 6.61 Å². The van der Waals surface area contributed by atoms with Crippen LogP contribution >= 0.6 is 11.6 Å². The minimum atomic E-state index is -0.721. The third-order valence-electron chi connectivity index (χ3n) is 3.23. The van der Waals surface area contributed by atoms with Gasteiger partial charge >= 0.3 is 5.69 Å². The SMILES string of the molecule is CCCCOc1cc(C(N)=O)cc(-c2cnc(Cl)nc2)c1[N+](=O)[O-]. The van der Waals surface area contributed by atoms with Gasteiger partial charge in [-0.1, -0.05) is 13.3 Å². The summed E-state index contributed by atoms with van der Waals surface area (Å²) in [4.78, 5) is 30.1. The number of primary amides is 1. The molecule has 0 radical (unpaired) electrons. The quantitative estimate of drug-likeness (QED) is 0.354. The molecule has 0 spiro atoms. The fourth-order valence-corrected chi connectivity index (χ4v) is 2.14. The molecule has 0 bridgehead atoms. The number of nitro groups is 1. The number of nitrogens with zero attached hydrogens (tertiary/aromatic N) is 3. The Balaban J connectivity index is 2.63. The molecule has 1 aromatic heterocycles. The zero-order valence-electron chi connectivity index (χ0n) is 12.9. The van der Waals surface area contributed by atoms with E-state index in [9.17, 15) is 14.9 Å². The summed E-state index contributed by atoms with van der Waals surface area (Å²) >= 11 is 5.64. The number of amides is 1. The molecule has 0 atom stereocenters. The van der Waals surface area contributed by atoms with Crippen LogP contribution in [0.2, 0.25) is 5.28 Å². The van der Waals surface area contributed by atoms with Crippen LogP contribution in [0.15, 0.2) is 24.5 Å². The molecule has 126 valence electrons. The summed E-state index contributed by atoms with van der Waals surface area (Å²) in [5, 5.41) is 11.5. The van der Waals surface area contributed by atoms with Crippen LogP contribution in [-0.2, 0) is 0 Å². The number of carbonyl (C=O) groups excluding carboxylic acids is 1. The number of nitro benzene ring substituents is 1. The highest BCUT2D eigenvalue weighted by atomic mass is 35.5. The van der Waals surface area contributed by atoms with Gasteiger partial charge in [-0.3, -0.25) is 14.9 Å². The van der Waals surface area contributed by atoms with Crippen LogP contribution < -0.4 is 10.5 Å². The normalized spacial score (nSPS) is 10.4. The van der Waals surface area contributed by atoms with Crippen LogP contribution in [0.25, 0.3) is 11.1 Å². The van der Waals surface area contributed by atoms with E-state index in [-0.39, 0.29) is 34.5 Å². The molecule has 0 saturated carbocycles. The third-order valence-corrected chi connectivity index (χ3v) is 3.42. The molecule has 0 aliphatic heterocycles. The second kappa shape index (κ2) is 7.69. The first-order chi connectivity index (χ1) is 11.4. The van der Waals surface area contributed by atoms with E-state index in [4.69, 9.17) is 22.1 Å². The first-order valence-corrected chi connectivity index (χ1v) is 7.54. The van der Waals surface area contributed by atoms with Gasteiger partial charge in [0.2, 0.25) is 11.2 Å². The number of carbonyl (C=O) groups is 1. The molecule has 1 aromatic carbocycles. The molecule has 0 aliphatic carbocycles. The summed E-state index contributed by atoms with van der Waals surface area (Å²) in [6.07, 6.45) is 4.25. The zero-order chi connectivity index (χ0) is 17.7. The highest BCUT2D eigenvalue weighted by Gasteiger charge is 2.25. The summed E-state index contributed by atoms with van der Waals surface area (Å²) in [5.74, 6) is -0.740. The van der Waals surface area contributed by atoms with Crippen molar-refractivity contribution < 1.29 is 14.5 Å². The molecule has 0 saturated heterocycles. The second-order valence-electron chi connectivity index (χ2n) is 4.93. The molecule has 2 aromatic rings. The smallest absolute Gasteiger partial charge is 0.318 e. The number of aromatic nitrogens is 2. The lowest BCUT2D eigenvalue weighted by atomic mass is 10.0. The van der Waals surface area contributed by atoms with Gasteiger partial charge in [0, 0.05) is 29.6 Å². The van der Waals surface area contributed by atoms with Gasteiger partial charge in [-0.25, -0.2) is 9.97 Å². The Kier molecular flexibility index (Phi) is 5.64. The topological polar surface area (TPSA) is 121 Å². The Morgan fingerprint density at radius 3 is 2.58 bits per heavy atom. The largest absolute Gasteiger partial charge is 0.487 e. The highest BCUT2D eigenvalue weighted by molar-refractivity contribution is 6.28. The average molecular weight is 351 g/mol. The molecule has 2 N–H and O–H groups in total. The van der Waals surface area contributed by atoms with Crippen LogP contribution in [-0.4, -0.2) is 27.4 Å². The van der Waals surface area contributed by atoms with Crippen molar-refractivity contribution in [1.29, 1.82) is 0 Å². The Labute approximate surface area is 142 Å². The minimum absolute atomic E-state index is 0.00637. The predicted molar refractivity (Wildman–Crippen MR) is 88.1 cm³/mol. The van der Waals surface area contributed by atoms with Crippen molar-refractivity contribution in [2.24, 2.45) is 5.73 Å². The number of halogens is 1. The van der Waals surface area contributed by atoms with E-state index >= 15 is 0 Å². The first-order valence-electron chi connectivity index (χ1n) is 7.17. The summed E-state index contributed by atoms with van der Waals surface area (Å²) in [6.45, 7) is 2.25. The number of nitrogens with two attached hydrogens (primary N) is 1. The third kappa shape index (κ3) is 3.96. The zero-order valence-corrected chi connectivity index (χ0v) is 13.6. The van der Waals surface area contributed by atoms with Crippen molar-refractivity contribution in [1.82, 2.24) is 9.97 Å². The van der Waals surface area contributed by atoms with Gasteiger partial charge in [0.1, 0.15) is 0 Å². The Bertz CT molecular complexity index is 765. The molecule has 24 heavy (non-hydrogen) atoms. The average Bonchev–Trinajstić information content (AvgIpc) is 2.54. The van der Waals surface area contributed by atoms with E-state index in [0.717, 1.165) is 12.8 Å². The number of benzene rings is 1. The van der Waals surface area contributed by atoms with Gasteiger partial charge in [-0.2, -0.15) is 0 Å². The first kappa shape index (κ1) is 17.6.